The van der Waals surface area contributed by atoms with Gasteiger partial charge in [0.1, 0.15) is 0 Å². The molecular formula is C15H14BrClN2O. The number of para-hydroxylation sites is 1. The third kappa shape index (κ3) is 4.25. The zero-order chi connectivity index (χ0) is 14.4. The molecule has 0 saturated carbocycles. The number of halogens is 2. The van der Waals surface area contributed by atoms with Gasteiger partial charge in [-0.1, -0.05) is 41.9 Å². The molecule has 0 bridgehead atoms. The number of rotatable bonds is 4. The Balaban J connectivity index is 1.82. The van der Waals surface area contributed by atoms with Gasteiger partial charge in [0, 0.05) is 16.0 Å². The van der Waals surface area contributed by atoms with E-state index in [2.05, 4.69) is 26.6 Å². The van der Waals surface area contributed by atoms with Crippen molar-refractivity contribution in [3.63, 3.8) is 0 Å². The van der Waals surface area contributed by atoms with Gasteiger partial charge in [-0.15, -0.1) is 0 Å². The third-order valence-electron chi connectivity index (χ3n) is 2.76. The molecule has 2 rings (SSSR count). The van der Waals surface area contributed by atoms with Crippen LogP contribution in [-0.2, 0) is 6.42 Å². The zero-order valence-corrected chi connectivity index (χ0v) is 13.0. The third-order valence-corrected chi connectivity index (χ3v) is 3.82. The summed E-state index contributed by atoms with van der Waals surface area (Å²) >= 11 is 9.43. The van der Waals surface area contributed by atoms with E-state index in [1.165, 1.54) is 0 Å². The van der Waals surface area contributed by atoms with Gasteiger partial charge in [0.15, 0.2) is 0 Å². The van der Waals surface area contributed by atoms with Gasteiger partial charge >= 0.3 is 6.03 Å². The Morgan fingerprint density at radius 3 is 2.55 bits per heavy atom. The monoisotopic (exact) mass is 352 g/mol. The number of carbonyl (C=O) groups excluding carboxylic acids is 1. The molecule has 0 aliphatic rings. The van der Waals surface area contributed by atoms with Crippen LogP contribution in [0.4, 0.5) is 10.5 Å². The predicted octanol–water partition coefficient (Wildman–Crippen LogP) is 4.47. The molecular weight excluding hydrogens is 340 g/mol. The molecule has 0 spiro atoms. The smallest absolute Gasteiger partial charge is 0.319 e. The number of nitrogens with one attached hydrogen (secondary N) is 2. The van der Waals surface area contributed by atoms with E-state index in [1.807, 2.05) is 48.5 Å². The number of amides is 2. The van der Waals surface area contributed by atoms with Gasteiger partial charge in [-0.25, -0.2) is 4.79 Å². The fourth-order valence-corrected chi connectivity index (χ4v) is 2.36. The van der Waals surface area contributed by atoms with Crippen molar-refractivity contribution in [3.05, 3.63) is 63.6 Å². The van der Waals surface area contributed by atoms with Crippen LogP contribution in [-0.4, -0.2) is 12.6 Å². The molecule has 0 heterocycles. The van der Waals surface area contributed by atoms with Crippen molar-refractivity contribution < 1.29 is 4.79 Å². The molecule has 20 heavy (non-hydrogen) atoms. The lowest BCUT2D eigenvalue weighted by molar-refractivity contribution is 0.252. The maximum Gasteiger partial charge on any atom is 0.319 e. The second-order valence-corrected chi connectivity index (χ2v) is 5.46. The first-order chi connectivity index (χ1) is 9.66. The quantitative estimate of drug-likeness (QED) is 0.837. The Labute approximate surface area is 131 Å². The Kier molecular flexibility index (Phi) is 5.44. The van der Waals surface area contributed by atoms with Gasteiger partial charge in [0.25, 0.3) is 0 Å². The molecule has 2 amide bonds. The first-order valence-corrected chi connectivity index (χ1v) is 7.36. The molecule has 2 aromatic rings. The summed E-state index contributed by atoms with van der Waals surface area (Å²) in [7, 11) is 0. The highest BCUT2D eigenvalue weighted by Gasteiger charge is 2.04. The average molecular weight is 354 g/mol. The number of carbonyl (C=O) groups is 1. The topological polar surface area (TPSA) is 41.1 Å². The van der Waals surface area contributed by atoms with Crippen LogP contribution in [0.25, 0.3) is 0 Å². The predicted molar refractivity (Wildman–Crippen MR) is 86.3 cm³/mol. The minimum absolute atomic E-state index is 0.232. The van der Waals surface area contributed by atoms with E-state index >= 15 is 0 Å². The summed E-state index contributed by atoms with van der Waals surface area (Å²) in [6, 6.07) is 14.9. The second-order valence-electron chi connectivity index (χ2n) is 4.20. The van der Waals surface area contributed by atoms with Crippen molar-refractivity contribution in [2.75, 3.05) is 11.9 Å². The largest absolute Gasteiger partial charge is 0.338 e. The van der Waals surface area contributed by atoms with Crippen molar-refractivity contribution in [2.45, 2.75) is 6.42 Å². The summed E-state index contributed by atoms with van der Waals surface area (Å²) in [5.74, 6) is 0. The minimum Gasteiger partial charge on any atom is -0.338 e. The van der Waals surface area contributed by atoms with Crippen LogP contribution in [0.1, 0.15) is 5.56 Å². The number of urea groups is 1. The maximum absolute atomic E-state index is 11.8. The van der Waals surface area contributed by atoms with Gasteiger partial charge in [-0.2, -0.15) is 0 Å². The first kappa shape index (κ1) is 14.9. The Bertz CT molecular complexity index is 604. The number of hydrogen-bond donors (Lipinski definition) is 2. The summed E-state index contributed by atoms with van der Waals surface area (Å²) in [6.45, 7) is 0.528. The molecule has 2 N–H and O–H groups in total. The van der Waals surface area contributed by atoms with Crippen LogP contribution in [0.2, 0.25) is 5.02 Å². The van der Waals surface area contributed by atoms with Crippen molar-refractivity contribution >= 4 is 39.2 Å². The van der Waals surface area contributed by atoms with Gasteiger partial charge in [0.2, 0.25) is 0 Å². The van der Waals surface area contributed by atoms with Crippen LogP contribution in [0.15, 0.2) is 53.0 Å². The van der Waals surface area contributed by atoms with E-state index in [0.717, 1.165) is 20.7 Å². The molecule has 0 atom stereocenters. The fraction of sp³-hybridized carbons (Fsp3) is 0.133. The molecule has 104 valence electrons. The Morgan fingerprint density at radius 2 is 1.80 bits per heavy atom. The van der Waals surface area contributed by atoms with Gasteiger partial charge in [-0.05, 0) is 46.1 Å². The van der Waals surface area contributed by atoms with E-state index in [9.17, 15) is 4.79 Å². The highest BCUT2D eigenvalue weighted by molar-refractivity contribution is 9.10. The second kappa shape index (κ2) is 7.31. The SMILES string of the molecule is O=C(NCCc1ccccc1Cl)Nc1ccccc1Br. The van der Waals surface area contributed by atoms with E-state index in [-0.39, 0.29) is 6.03 Å². The molecule has 0 aromatic heterocycles. The van der Waals surface area contributed by atoms with Crippen LogP contribution >= 0.6 is 27.5 Å². The molecule has 0 aliphatic carbocycles. The molecule has 0 fully saturated rings. The Hall–Kier alpha value is -1.52. The lowest BCUT2D eigenvalue weighted by atomic mass is 10.1. The summed E-state index contributed by atoms with van der Waals surface area (Å²) in [4.78, 5) is 11.8. The standard InChI is InChI=1S/C15H14BrClN2O/c16-12-6-2-4-8-14(12)19-15(20)18-10-9-11-5-1-3-7-13(11)17/h1-8H,9-10H2,(H2,18,19,20). The number of benzene rings is 2. The van der Waals surface area contributed by atoms with E-state index in [1.54, 1.807) is 0 Å². The zero-order valence-electron chi connectivity index (χ0n) is 10.7. The number of anilines is 1. The van der Waals surface area contributed by atoms with Crippen molar-refractivity contribution in [1.82, 2.24) is 5.32 Å². The number of hydrogen-bond acceptors (Lipinski definition) is 1. The lowest BCUT2D eigenvalue weighted by Crippen LogP contribution is -2.30. The van der Waals surface area contributed by atoms with E-state index in [0.29, 0.717) is 13.0 Å². The highest BCUT2D eigenvalue weighted by atomic mass is 79.9. The summed E-state index contributed by atoms with van der Waals surface area (Å²) in [5, 5.41) is 6.31. The highest BCUT2D eigenvalue weighted by Crippen LogP contribution is 2.20. The summed E-state index contributed by atoms with van der Waals surface area (Å²) < 4.78 is 0.848. The molecule has 0 aliphatic heterocycles. The molecule has 0 saturated heterocycles. The van der Waals surface area contributed by atoms with Crippen molar-refractivity contribution in [1.29, 1.82) is 0 Å². The maximum atomic E-state index is 11.8. The molecule has 3 nitrogen and oxygen atoms in total. The van der Waals surface area contributed by atoms with Gasteiger partial charge in [-0.3, -0.25) is 0 Å². The molecule has 0 unspecified atom stereocenters. The summed E-state index contributed by atoms with van der Waals surface area (Å²) in [5.41, 5.74) is 1.76. The van der Waals surface area contributed by atoms with Crippen LogP contribution in [0.3, 0.4) is 0 Å². The van der Waals surface area contributed by atoms with Crippen LogP contribution < -0.4 is 10.6 Å². The fourth-order valence-electron chi connectivity index (χ4n) is 1.74. The minimum atomic E-state index is -0.232. The van der Waals surface area contributed by atoms with Gasteiger partial charge < -0.3 is 10.6 Å². The molecule has 2 aromatic carbocycles. The normalized spacial score (nSPS) is 10.1. The molecule has 0 radical (unpaired) electrons. The van der Waals surface area contributed by atoms with E-state index in [4.69, 9.17) is 11.6 Å². The van der Waals surface area contributed by atoms with Gasteiger partial charge in [0.05, 0.1) is 5.69 Å². The molecule has 5 heteroatoms. The first-order valence-electron chi connectivity index (χ1n) is 6.19. The van der Waals surface area contributed by atoms with Crippen molar-refractivity contribution in [2.24, 2.45) is 0 Å². The van der Waals surface area contributed by atoms with Crippen LogP contribution in [0.5, 0.6) is 0 Å². The Morgan fingerprint density at radius 1 is 1.10 bits per heavy atom. The summed E-state index contributed by atoms with van der Waals surface area (Å²) in [6.07, 6.45) is 0.697. The van der Waals surface area contributed by atoms with Crippen LogP contribution in [0, 0.1) is 0 Å². The lowest BCUT2D eigenvalue weighted by Gasteiger charge is -2.09. The average Bonchev–Trinajstić information content (AvgIpc) is 2.43. The van der Waals surface area contributed by atoms with E-state index < -0.39 is 0 Å². The van der Waals surface area contributed by atoms with Crippen molar-refractivity contribution in [3.8, 4) is 0 Å².